The third-order valence-corrected chi connectivity index (χ3v) is 1.73. The van der Waals surface area contributed by atoms with Crippen LogP contribution < -0.4 is 0 Å². The molecule has 0 radical (unpaired) electrons. The Labute approximate surface area is 74.0 Å². The van der Waals surface area contributed by atoms with Crippen LogP contribution in [0.3, 0.4) is 0 Å². The van der Waals surface area contributed by atoms with Crippen molar-refractivity contribution in [3.63, 3.8) is 0 Å². The van der Waals surface area contributed by atoms with Crippen molar-refractivity contribution in [3.05, 3.63) is 18.5 Å². The predicted octanol–water partition coefficient (Wildman–Crippen LogP) is 1.08. The van der Waals surface area contributed by atoms with Crippen molar-refractivity contribution in [1.29, 1.82) is 0 Å². The summed E-state index contributed by atoms with van der Waals surface area (Å²) in [5.74, 6) is 0.653. The predicted molar refractivity (Wildman–Crippen MR) is 49.9 cm³/mol. The molecule has 1 aromatic heterocycles. The van der Waals surface area contributed by atoms with E-state index < -0.39 is 0 Å². The van der Waals surface area contributed by atoms with Gasteiger partial charge in [0.25, 0.3) is 0 Å². The van der Waals surface area contributed by atoms with Gasteiger partial charge in [0, 0.05) is 25.5 Å². The molecule has 0 aliphatic carbocycles. The molecule has 1 heterocycles. The first kappa shape index (κ1) is 9.26. The number of aromatic nitrogens is 2. The summed E-state index contributed by atoms with van der Waals surface area (Å²) in [4.78, 5) is 2.20. The molecule has 0 saturated carbocycles. The number of nitrogens with zero attached hydrogens (tertiary/aromatic N) is 3. The lowest BCUT2D eigenvalue weighted by Crippen LogP contribution is -2.23. The molecular weight excluding hydrogens is 150 g/mol. The Balaban J connectivity index is 2.32. The van der Waals surface area contributed by atoms with Crippen LogP contribution in [0.2, 0.25) is 0 Å². The molecule has 0 aromatic carbocycles. The zero-order valence-electron chi connectivity index (χ0n) is 8.07. The van der Waals surface area contributed by atoms with Gasteiger partial charge in [0.1, 0.15) is 0 Å². The fraction of sp³-hybridized carbons (Fsp3) is 0.667. The quantitative estimate of drug-likeness (QED) is 0.669. The minimum atomic E-state index is 0.653. The summed E-state index contributed by atoms with van der Waals surface area (Å²) in [7, 11) is 4.19. The molecule has 0 aliphatic rings. The maximum Gasteiger partial charge on any atom is 0.0489 e. The van der Waals surface area contributed by atoms with E-state index in [2.05, 4.69) is 31.0 Å². The molecule has 0 aliphatic heterocycles. The summed E-state index contributed by atoms with van der Waals surface area (Å²) in [6.07, 6.45) is 3.83. The molecule has 1 rings (SSSR count). The highest BCUT2D eigenvalue weighted by Gasteiger charge is 2.03. The Kier molecular flexibility index (Phi) is 3.29. The van der Waals surface area contributed by atoms with E-state index in [0.717, 1.165) is 13.1 Å². The maximum atomic E-state index is 4.16. The van der Waals surface area contributed by atoms with E-state index in [1.54, 1.807) is 0 Å². The number of hydrogen-bond donors (Lipinski definition) is 0. The van der Waals surface area contributed by atoms with E-state index in [9.17, 15) is 0 Å². The van der Waals surface area contributed by atoms with Gasteiger partial charge in [-0.3, -0.25) is 4.68 Å². The molecular formula is C9H17N3. The van der Waals surface area contributed by atoms with Gasteiger partial charge in [-0.1, -0.05) is 6.92 Å². The molecule has 12 heavy (non-hydrogen) atoms. The van der Waals surface area contributed by atoms with Crippen LogP contribution in [-0.2, 0) is 6.54 Å². The van der Waals surface area contributed by atoms with Crippen molar-refractivity contribution >= 4 is 0 Å². The van der Waals surface area contributed by atoms with Crippen molar-refractivity contribution in [2.45, 2.75) is 13.5 Å². The van der Waals surface area contributed by atoms with Crippen LogP contribution >= 0.6 is 0 Å². The van der Waals surface area contributed by atoms with Gasteiger partial charge < -0.3 is 4.90 Å². The molecule has 0 N–H and O–H groups in total. The molecule has 3 nitrogen and oxygen atoms in total. The van der Waals surface area contributed by atoms with Crippen LogP contribution in [0, 0.1) is 5.92 Å². The normalized spacial score (nSPS) is 13.7. The first-order valence-electron chi connectivity index (χ1n) is 4.30. The van der Waals surface area contributed by atoms with E-state index in [1.165, 1.54) is 0 Å². The lowest BCUT2D eigenvalue weighted by atomic mass is 10.2. The second kappa shape index (κ2) is 4.26. The average molecular weight is 167 g/mol. The molecule has 0 fully saturated rings. The Bertz CT molecular complexity index is 204. The van der Waals surface area contributed by atoms with E-state index in [4.69, 9.17) is 0 Å². The molecule has 0 bridgehead atoms. The maximum absolute atomic E-state index is 4.16. The molecule has 3 heteroatoms. The van der Waals surface area contributed by atoms with Crippen molar-refractivity contribution in [2.75, 3.05) is 20.6 Å². The van der Waals surface area contributed by atoms with Gasteiger partial charge in [-0.05, 0) is 26.1 Å². The lowest BCUT2D eigenvalue weighted by Gasteiger charge is -2.16. The third kappa shape index (κ3) is 3.05. The first-order valence-corrected chi connectivity index (χ1v) is 4.30. The van der Waals surface area contributed by atoms with E-state index in [1.807, 2.05) is 23.1 Å². The highest BCUT2D eigenvalue weighted by atomic mass is 15.3. The summed E-state index contributed by atoms with van der Waals surface area (Å²) in [5.41, 5.74) is 0. The average Bonchev–Trinajstić information content (AvgIpc) is 2.37. The zero-order chi connectivity index (χ0) is 8.97. The van der Waals surface area contributed by atoms with Crippen LogP contribution in [0.4, 0.5) is 0 Å². The van der Waals surface area contributed by atoms with Gasteiger partial charge in [0.05, 0.1) is 0 Å². The summed E-state index contributed by atoms with van der Waals surface area (Å²) >= 11 is 0. The Morgan fingerprint density at radius 2 is 2.25 bits per heavy atom. The largest absolute Gasteiger partial charge is 0.309 e. The third-order valence-electron chi connectivity index (χ3n) is 1.73. The Morgan fingerprint density at radius 1 is 1.50 bits per heavy atom. The minimum absolute atomic E-state index is 0.653. The molecule has 0 spiro atoms. The van der Waals surface area contributed by atoms with E-state index in [-0.39, 0.29) is 0 Å². The molecule has 1 unspecified atom stereocenters. The van der Waals surface area contributed by atoms with Crippen molar-refractivity contribution in [2.24, 2.45) is 5.92 Å². The molecule has 1 aromatic rings. The van der Waals surface area contributed by atoms with Crippen LogP contribution in [0.1, 0.15) is 6.92 Å². The Morgan fingerprint density at radius 3 is 2.75 bits per heavy atom. The second-order valence-electron chi connectivity index (χ2n) is 3.60. The summed E-state index contributed by atoms with van der Waals surface area (Å²) in [5, 5.41) is 4.16. The van der Waals surface area contributed by atoms with Gasteiger partial charge >= 0.3 is 0 Å². The highest BCUT2D eigenvalue weighted by molar-refractivity contribution is 4.78. The summed E-state index contributed by atoms with van der Waals surface area (Å²) in [6.45, 7) is 4.35. The Hall–Kier alpha value is -0.830. The van der Waals surface area contributed by atoms with Gasteiger partial charge in [-0.25, -0.2) is 0 Å². The lowest BCUT2D eigenvalue weighted by molar-refractivity contribution is 0.308. The van der Waals surface area contributed by atoms with Gasteiger partial charge in [0.15, 0.2) is 0 Å². The zero-order valence-corrected chi connectivity index (χ0v) is 8.07. The standard InChI is InChI=1S/C9H17N3/c1-9(7-11(2)3)8-12-6-4-5-10-12/h4-6,9H,7-8H2,1-3H3. The summed E-state index contributed by atoms with van der Waals surface area (Å²) < 4.78 is 1.98. The van der Waals surface area contributed by atoms with Gasteiger partial charge in [-0.15, -0.1) is 0 Å². The van der Waals surface area contributed by atoms with E-state index >= 15 is 0 Å². The van der Waals surface area contributed by atoms with Gasteiger partial charge in [0.2, 0.25) is 0 Å². The summed E-state index contributed by atoms with van der Waals surface area (Å²) in [6, 6.07) is 1.96. The topological polar surface area (TPSA) is 21.1 Å². The number of hydrogen-bond acceptors (Lipinski definition) is 2. The van der Waals surface area contributed by atoms with E-state index in [0.29, 0.717) is 5.92 Å². The monoisotopic (exact) mass is 167 g/mol. The van der Waals surface area contributed by atoms with Crippen LogP contribution in [-0.4, -0.2) is 35.3 Å². The SMILES string of the molecule is CC(CN(C)C)Cn1cccn1. The fourth-order valence-electron chi connectivity index (χ4n) is 1.41. The molecule has 1 atom stereocenters. The smallest absolute Gasteiger partial charge is 0.0489 e. The van der Waals surface area contributed by atoms with Crippen LogP contribution in [0.5, 0.6) is 0 Å². The highest BCUT2D eigenvalue weighted by Crippen LogP contribution is 2.00. The molecule has 68 valence electrons. The van der Waals surface area contributed by atoms with Crippen molar-refractivity contribution in [3.8, 4) is 0 Å². The van der Waals surface area contributed by atoms with Gasteiger partial charge in [-0.2, -0.15) is 5.10 Å². The van der Waals surface area contributed by atoms with Crippen LogP contribution in [0.25, 0.3) is 0 Å². The number of rotatable bonds is 4. The van der Waals surface area contributed by atoms with Crippen LogP contribution in [0.15, 0.2) is 18.5 Å². The van der Waals surface area contributed by atoms with Crippen molar-refractivity contribution in [1.82, 2.24) is 14.7 Å². The second-order valence-corrected chi connectivity index (χ2v) is 3.60. The fourth-order valence-corrected chi connectivity index (χ4v) is 1.41. The molecule has 0 amide bonds. The van der Waals surface area contributed by atoms with Crippen molar-refractivity contribution < 1.29 is 0 Å². The molecule has 0 saturated heterocycles. The first-order chi connectivity index (χ1) is 5.68. The minimum Gasteiger partial charge on any atom is -0.309 e.